The molecule has 0 aliphatic carbocycles. The summed E-state index contributed by atoms with van der Waals surface area (Å²) in [5.74, 6) is 1.43. The Bertz CT molecular complexity index is 1050. The molecule has 1 heterocycles. The molecule has 4 heteroatoms. The van der Waals surface area contributed by atoms with Gasteiger partial charge < -0.3 is 4.74 Å². The van der Waals surface area contributed by atoms with Gasteiger partial charge in [0.1, 0.15) is 18.5 Å². The maximum Gasteiger partial charge on any atom is 0.159 e. The first-order chi connectivity index (χ1) is 20.2. The molecular formula is C37H53FN2O. The molecule has 1 atom stereocenters. The van der Waals surface area contributed by atoms with Gasteiger partial charge in [0.25, 0.3) is 0 Å². The number of benzene rings is 2. The lowest BCUT2D eigenvalue weighted by molar-refractivity contribution is 0.184. The van der Waals surface area contributed by atoms with Crippen molar-refractivity contribution in [2.75, 3.05) is 6.61 Å². The fraction of sp³-hybridized carbons (Fsp3) is 0.568. The molecule has 3 aromatic rings. The number of alkyl halides is 1. The zero-order chi connectivity index (χ0) is 29.0. The van der Waals surface area contributed by atoms with Crippen LogP contribution in [0, 0.1) is 0 Å². The van der Waals surface area contributed by atoms with Gasteiger partial charge in [0, 0.05) is 23.5 Å². The smallest absolute Gasteiger partial charge is 0.159 e. The Hall–Kier alpha value is -2.75. The van der Waals surface area contributed by atoms with Crippen molar-refractivity contribution < 1.29 is 9.13 Å². The second-order valence-corrected chi connectivity index (χ2v) is 11.6. The monoisotopic (exact) mass is 560 g/mol. The van der Waals surface area contributed by atoms with E-state index in [0.717, 1.165) is 41.8 Å². The minimum Gasteiger partial charge on any atom is -0.491 e. The van der Waals surface area contributed by atoms with E-state index in [1.54, 1.807) is 0 Å². The van der Waals surface area contributed by atoms with Crippen LogP contribution in [0.2, 0.25) is 0 Å². The maximum atomic E-state index is 14.3. The molecule has 0 amide bonds. The predicted molar refractivity (Wildman–Crippen MR) is 172 cm³/mol. The van der Waals surface area contributed by atoms with Crippen molar-refractivity contribution in [1.29, 1.82) is 0 Å². The van der Waals surface area contributed by atoms with Crippen LogP contribution in [0.1, 0.15) is 122 Å². The van der Waals surface area contributed by atoms with Crippen LogP contribution in [0.5, 0.6) is 5.75 Å². The van der Waals surface area contributed by atoms with Crippen molar-refractivity contribution in [1.82, 2.24) is 9.97 Å². The number of ether oxygens (including phenoxy) is 1. The summed E-state index contributed by atoms with van der Waals surface area (Å²) in [6, 6.07) is 16.4. The van der Waals surface area contributed by atoms with Crippen LogP contribution in [0.15, 0.2) is 60.9 Å². The highest BCUT2D eigenvalue weighted by atomic mass is 19.1. The third kappa shape index (κ3) is 13.2. The van der Waals surface area contributed by atoms with Crippen molar-refractivity contribution in [2.24, 2.45) is 0 Å². The Balaban J connectivity index is 1.36. The molecule has 1 unspecified atom stereocenters. The molecule has 41 heavy (non-hydrogen) atoms. The summed E-state index contributed by atoms with van der Waals surface area (Å²) < 4.78 is 20.0. The number of unbranched alkanes of at least 4 members (excludes halogenated alkanes) is 13. The fourth-order valence-electron chi connectivity index (χ4n) is 5.25. The molecule has 2 aromatic carbocycles. The van der Waals surface area contributed by atoms with Crippen LogP contribution in [0.3, 0.4) is 0 Å². The minimum absolute atomic E-state index is 0.117. The molecule has 224 valence electrons. The van der Waals surface area contributed by atoms with Gasteiger partial charge in [-0.3, -0.25) is 0 Å². The number of aromatic nitrogens is 2. The fourth-order valence-corrected chi connectivity index (χ4v) is 5.25. The largest absolute Gasteiger partial charge is 0.491 e. The van der Waals surface area contributed by atoms with Crippen LogP contribution in [0.4, 0.5) is 4.39 Å². The molecule has 0 saturated heterocycles. The van der Waals surface area contributed by atoms with Gasteiger partial charge in [-0.05, 0) is 42.5 Å². The lowest BCUT2D eigenvalue weighted by Crippen LogP contribution is -2.12. The summed E-state index contributed by atoms with van der Waals surface area (Å²) in [5, 5.41) is 0. The Morgan fingerprint density at radius 1 is 0.585 bits per heavy atom. The van der Waals surface area contributed by atoms with Crippen molar-refractivity contribution in [3.05, 3.63) is 66.5 Å². The molecule has 0 aliphatic rings. The van der Waals surface area contributed by atoms with Crippen LogP contribution in [-0.4, -0.2) is 22.7 Å². The van der Waals surface area contributed by atoms with E-state index in [-0.39, 0.29) is 6.61 Å². The molecular weight excluding hydrogens is 507 g/mol. The summed E-state index contributed by atoms with van der Waals surface area (Å²) in [5.41, 5.74) is 4.39. The van der Waals surface area contributed by atoms with Crippen LogP contribution < -0.4 is 4.74 Å². The second kappa shape index (κ2) is 20.2. The van der Waals surface area contributed by atoms with Crippen molar-refractivity contribution in [2.45, 2.75) is 129 Å². The topological polar surface area (TPSA) is 35.0 Å². The normalized spacial score (nSPS) is 12.0. The van der Waals surface area contributed by atoms with Crippen LogP contribution in [0.25, 0.3) is 22.5 Å². The molecule has 3 nitrogen and oxygen atoms in total. The summed E-state index contributed by atoms with van der Waals surface area (Å²) in [6.07, 6.45) is 23.7. The number of rotatable bonds is 22. The molecule has 3 rings (SSSR count). The second-order valence-electron chi connectivity index (χ2n) is 11.6. The molecule has 0 aliphatic heterocycles. The molecule has 0 saturated carbocycles. The number of hydrogen-bond donors (Lipinski definition) is 0. The quantitative estimate of drug-likeness (QED) is 0.115. The maximum absolute atomic E-state index is 14.3. The number of halogens is 1. The van der Waals surface area contributed by atoms with Gasteiger partial charge in [0.05, 0.1) is 0 Å². The Kier molecular flexibility index (Phi) is 16.1. The molecule has 0 spiro atoms. The van der Waals surface area contributed by atoms with Crippen LogP contribution in [-0.2, 0) is 6.42 Å². The number of nitrogens with zero attached hydrogens (tertiary/aromatic N) is 2. The zero-order valence-electron chi connectivity index (χ0n) is 25.8. The lowest BCUT2D eigenvalue weighted by Gasteiger charge is -2.11. The van der Waals surface area contributed by atoms with Gasteiger partial charge >= 0.3 is 0 Å². The Morgan fingerprint density at radius 3 is 1.68 bits per heavy atom. The average Bonchev–Trinajstić information content (AvgIpc) is 3.01. The van der Waals surface area contributed by atoms with Crippen molar-refractivity contribution in [3.63, 3.8) is 0 Å². The SMILES string of the molecule is CCCCCCCCCCC(F)COc1ccc(-c2cnc(-c3ccc(CCCCCCCCC)cc3)nc2)cc1. The van der Waals surface area contributed by atoms with E-state index in [1.165, 1.54) is 89.0 Å². The first-order valence-electron chi connectivity index (χ1n) is 16.5. The lowest BCUT2D eigenvalue weighted by atomic mass is 10.0. The highest BCUT2D eigenvalue weighted by Gasteiger charge is 2.09. The van der Waals surface area contributed by atoms with E-state index in [1.807, 2.05) is 36.7 Å². The van der Waals surface area contributed by atoms with Gasteiger partial charge in [-0.1, -0.05) is 140 Å². The Morgan fingerprint density at radius 2 is 1.10 bits per heavy atom. The highest BCUT2D eigenvalue weighted by Crippen LogP contribution is 2.24. The summed E-state index contributed by atoms with van der Waals surface area (Å²) in [4.78, 5) is 9.23. The predicted octanol–water partition coefficient (Wildman–Crippen LogP) is 11.4. The molecule has 0 fully saturated rings. The molecule has 0 bridgehead atoms. The third-order valence-electron chi connectivity index (χ3n) is 7.92. The van der Waals surface area contributed by atoms with E-state index in [4.69, 9.17) is 4.74 Å². The molecule has 0 N–H and O–H groups in total. The standard InChI is InChI=1S/C37H53FN2O/c1-3-5-7-9-11-13-15-17-19-35(38)30-41-36-26-24-32(25-27-36)34-28-39-37(40-29-34)33-22-20-31(21-23-33)18-16-14-12-10-8-6-4-2/h20-29,35H,3-19,30H2,1-2H3. The van der Waals surface area contributed by atoms with E-state index in [9.17, 15) is 4.39 Å². The highest BCUT2D eigenvalue weighted by molar-refractivity contribution is 5.64. The van der Waals surface area contributed by atoms with Crippen molar-refractivity contribution in [3.8, 4) is 28.3 Å². The van der Waals surface area contributed by atoms with Gasteiger partial charge in [-0.2, -0.15) is 0 Å². The third-order valence-corrected chi connectivity index (χ3v) is 7.92. The van der Waals surface area contributed by atoms with Gasteiger partial charge in [-0.15, -0.1) is 0 Å². The number of hydrogen-bond acceptors (Lipinski definition) is 3. The van der Waals surface area contributed by atoms with Gasteiger partial charge in [0.15, 0.2) is 5.82 Å². The summed E-state index contributed by atoms with van der Waals surface area (Å²) >= 11 is 0. The van der Waals surface area contributed by atoms with E-state index in [0.29, 0.717) is 12.2 Å². The first kappa shape index (κ1) is 32.8. The van der Waals surface area contributed by atoms with E-state index < -0.39 is 6.17 Å². The molecule has 0 radical (unpaired) electrons. The van der Waals surface area contributed by atoms with E-state index >= 15 is 0 Å². The zero-order valence-corrected chi connectivity index (χ0v) is 25.8. The van der Waals surface area contributed by atoms with Gasteiger partial charge in [0.2, 0.25) is 0 Å². The minimum atomic E-state index is -0.912. The summed E-state index contributed by atoms with van der Waals surface area (Å²) in [7, 11) is 0. The van der Waals surface area contributed by atoms with E-state index in [2.05, 4.69) is 48.1 Å². The van der Waals surface area contributed by atoms with Crippen molar-refractivity contribution >= 4 is 0 Å². The van der Waals surface area contributed by atoms with Crippen LogP contribution >= 0.6 is 0 Å². The Labute approximate surface area is 249 Å². The first-order valence-corrected chi connectivity index (χ1v) is 16.5. The summed E-state index contributed by atoms with van der Waals surface area (Å²) in [6.45, 7) is 4.62. The van der Waals surface area contributed by atoms with Gasteiger partial charge in [-0.25, -0.2) is 14.4 Å². The number of aryl methyl sites for hydroxylation is 1. The molecule has 1 aromatic heterocycles. The average molecular weight is 561 g/mol.